The smallest absolute Gasteiger partial charge is 0.269 e. The van der Waals surface area contributed by atoms with Crippen molar-refractivity contribution in [3.05, 3.63) is 161 Å². The molecular formula is C39H35NO4. The van der Waals surface area contributed by atoms with Gasteiger partial charge in [-0.25, -0.2) is 0 Å². The molecule has 5 heteroatoms. The highest BCUT2D eigenvalue weighted by Gasteiger charge is 2.55. The molecular weight excluding hydrogens is 546 g/mol. The molecule has 0 radical (unpaired) electrons. The third-order valence-corrected chi connectivity index (χ3v) is 8.74. The summed E-state index contributed by atoms with van der Waals surface area (Å²) < 4.78 is 12.8. The lowest BCUT2D eigenvalue weighted by molar-refractivity contribution is -0.132. The number of fused-ring (bicyclic) bond motifs is 2. The number of ether oxygens (including phenoxy) is 2. The lowest BCUT2D eigenvalue weighted by Gasteiger charge is -2.35. The number of hydrogen-bond donors (Lipinski definition) is 1. The highest BCUT2D eigenvalue weighted by molar-refractivity contribution is 6.10. The van der Waals surface area contributed by atoms with Crippen molar-refractivity contribution in [1.29, 1.82) is 0 Å². The highest BCUT2D eigenvalue weighted by atomic mass is 16.5. The Bertz CT molecular complexity index is 1760. The summed E-state index contributed by atoms with van der Waals surface area (Å²) in [6.45, 7) is 4.43. The molecule has 0 aliphatic carbocycles. The summed E-state index contributed by atoms with van der Waals surface area (Å²) in [6.07, 6.45) is 1.59. The zero-order valence-corrected chi connectivity index (χ0v) is 24.9. The minimum Gasteiger partial charge on any atom is -0.488 e. The Morgan fingerprint density at radius 3 is 2.05 bits per heavy atom. The number of hydrogen-bond acceptors (Lipinski definition) is 4. The number of anilines is 1. The van der Waals surface area contributed by atoms with Crippen LogP contribution in [0, 0.1) is 0 Å². The van der Waals surface area contributed by atoms with Crippen molar-refractivity contribution >= 4 is 11.6 Å². The summed E-state index contributed by atoms with van der Waals surface area (Å²) in [5.41, 5.74) is 3.16. The molecule has 1 N–H and O–H groups in total. The van der Waals surface area contributed by atoms with Gasteiger partial charge < -0.3 is 14.6 Å². The quantitative estimate of drug-likeness (QED) is 0.214. The molecule has 0 saturated carbocycles. The summed E-state index contributed by atoms with van der Waals surface area (Å²) in [5, 5.41) is 12.9. The van der Waals surface area contributed by atoms with Gasteiger partial charge in [0, 0.05) is 17.2 Å². The monoisotopic (exact) mass is 581 g/mol. The van der Waals surface area contributed by atoms with Crippen LogP contribution in [0.5, 0.6) is 11.5 Å². The topological polar surface area (TPSA) is 59.0 Å². The number of aryl methyl sites for hydroxylation is 1. The lowest BCUT2D eigenvalue weighted by atomic mass is 9.84. The number of amides is 1. The van der Waals surface area contributed by atoms with Gasteiger partial charge in [-0.05, 0) is 61.1 Å². The Morgan fingerprint density at radius 2 is 1.39 bits per heavy atom. The molecule has 7 rings (SSSR count). The molecule has 0 saturated heterocycles. The van der Waals surface area contributed by atoms with Gasteiger partial charge in [0.1, 0.15) is 23.7 Å². The van der Waals surface area contributed by atoms with Crippen molar-refractivity contribution in [3.8, 4) is 11.5 Å². The van der Waals surface area contributed by atoms with E-state index in [1.54, 1.807) is 4.90 Å². The molecule has 1 amide bonds. The van der Waals surface area contributed by atoms with Crippen LogP contribution in [0.25, 0.3) is 0 Å². The first kappa shape index (κ1) is 27.9. The number of benzene rings is 5. The van der Waals surface area contributed by atoms with Crippen molar-refractivity contribution in [2.75, 3.05) is 4.90 Å². The van der Waals surface area contributed by atoms with Crippen molar-refractivity contribution in [3.63, 3.8) is 0 Å². The van der Waals surface area contributed by atoms with E-state index in [-0.39, 0.29) is 12.2 Å². The molecule has 0 fully saturated rings. The second kappa shape index (κ2) is 11.0. The summed E-state index contributed by atoms with van der Waals surface area (Å²) in [7, 11) is 0. The van der Waals surface area contributed by atoms with Gasteiger partial charge >= 0.3 is 0 Å². The summed E-state index contributed by atoms with van der Waals surface area (Å²) in [6, 6.07) is 40.7. The molecule has 0 aromatic heterocycles. The van der Waals surface area contributed by atoms with Crippen LogP contribution in [0.2, 0.25) is 0 Å². The largest absolute Gasteiger partial charge is 0.488 e. The number of rotatable bonds is 7. The molecule has 44 heavy (non-hydrogen) atoms. The van der Waals surface area contributed by atoms with Gasteiger partial charge in [-0.15, -0.1) is 0 Å². The van der Waals surface area contributed by atoms with Crippen molar-refractivity contribution < 1.29 is 19.4 Å². The van der Waals surface area contributed by atoms with Crippen molar-refractivity contribution in [1.82, 2.24) is 0 Å². The zero-order chi connectivity index (χ0) is 30.3. The van der Waals surface area contributed by atoms with E-state index in [4.69, 9.17) is 9.47 Å². The normalized spacial score (nSPS) is 18.5. The van der Waals surface area contributed by atoms with Gasteiger partial charge in [0.05, 0.1) is 11.7 Å². The fraction of sp³-hybridized carbons (Fsp3) is 0.205. The number of para-hydroxylation sites is 1. The maximum Gasteiger partial charge on any atom is 0.269 e. The fourth-order valence-electron chi connectivity index (χ4n) is 6.48. The van der Waals surface area contributed by atoms with Crippen molar-refractivity contribution in [2.45, 2.75) is 50.5 Å². The van der Waals surface area contributed by atoms with E-state index in [1.165, 1.54) is 0 Å². The van der Waals surface area contributed by atoms with E-state index in [1.807, 2.05) is 127 Å². The van der Waals surface area contributed by atoms with Crippen LogP contribution >= 0.6 is 0 Å². The predicted molar refractivity (Wildman–Crippen MR) is 172 cm³/mol. The maximum atomic E-state index is 15.0. The number of carbonyl (C=O) groups is 1. The van der Waals surface area contributed by atoms with Crippen LogP contribution in [-0.2, 0) is 23.4 Å². The van der Waals surface area contributed by atoms with Gasteiger partial charge in [-0.1, -0.05) is 109 Å². The predicted octanol–water partition coefficient (Wildman–Crippen LogP) is 7.74. The van der Waals surface area contributed by atoms with Crippen LogP contribution in [0.4, 0.5) is 5.69 Å². The Morgan fingerprint density at radius 1 is 0.795 bits per heavy atom. The average Bonchev–Trinajstić information content (AvgIpc) is 3.27. The molecule has 5 nitrogen and oxygen atoms in total. The molecule has 5 aromatic rings. The van der Waals surface area contributed by atoms with E-state index in [9.17, 15) is 9.90 Å². The fourth-order valence-corrected chi connectivity index (χ4v) is 6.48. The third-order valence-electron chi connectivity index (χ3n) is 8.74. The summed E-state index contributed by atoms with van der Waals surface area (Å²) in [4.78, 5) is 16.7. The first-order valence-corrected chi connectivity index (χ1v) is 15.1. The number of carbonyl (C=O) groups excluding carboxylic acids is 1. The molecule has 2 heterocycles. The van der Waals surface area contributed by atoms with E-state index >= 15 is 0 Å². The lowest BCUT2D eigenvalue weighted by Crippen LogP contribution is -2.43. The van der Waals surface area contributed by atoms with Crippen molar-refractivity contribution in [2.24, 2.45) is 0 Å². The maximum absolute atomic E-state index is 15.0. The van der Waals surface area contributed by atoms with E-state index in [0.29, 0.717) is 22.6 Å². The van der Waals surface area contributed by atoms with Crippen LogP contribution < -0.4 is 14.4 Å². The average molecular weight is 582 g/mol. The molecule has 5 aromatic carbocycles. The summed E-state index contributed by atoms with van der Waals surface area (Å²) in [5.74, 6) is 0.727. The zero-order valence-electron chi connectivity index (χ0n) is 24.9. The Hall–Kier alpha value is -4.87. The standard InChI is InChI=1S/C39H35NO4/c1-38(2)23-22-30-24-32(35(25-34(30)44-38)43-26-27-14-6-3-7-15-27)39(42)31-20-12-13-21-33(31)40(37(39)41)36(28-16-8-4-9-17-28)29-18-10-5-11-19-29/h3-21,24-25,36,42H,22-23,26H2,1-2H3. The Labute approximate surface area is 258 Å². The van der Waals surface area contributed by atoms with Crippen LogP contribution in [-0.4, -0.2) is 16.6 Å². The highest BCUT2D eigenvalue weighted by Crippen LogP contribution is 2.52. The van der Waals surface area contributed by atoms with Gasteiger partial charge in [0.25, 0.3) is 5.91 Å². The third kappa shape index (κ3) is 4.83. The SMILES string of the molecule is CC1(C)CCc2cc(C3(O)C(=O)N(C(c4ccccc4)c4ccccc4)c4ccccc43)c(OCc3ccccc3)cc2O1. The molecule has 2 aliphatic heterocycles. The minimum atomic E-state index is -1.98. The number of nitrogens with zero attached hydrogens (tertiary/aromatic N) is 1. The van der Waals surface area contributed by atoms with E-state index in [2.05, 4.69) is 13.8 Å². The molecule has 0 bridgehead atoms. The molecule has 0 spiro atoms. The summed E-state index contributed by atoms with van der Waals surface area (Å²) >= 11 is 0. The molecule has 2 aliphatic rings. The van der Waals surface area contributed by atoms with Gasteiger partial charge in [0.2, 0.25) is 0 Å². The number of aliphatic hydroxyl groups is 1. The van der Waals surface area contributed by atoms with Crippen LogP contribution in [0.1, 0.15) is 59.7 Å². The second-order valence-electron chi connectivity index (χ2n) is 12.2. The van der Waals surface area contributed by atoms with E-state index in [0.717, 1.165) is 40.8 Å². The van der Waals surface area contributed by atoms with Gasteiger partial charge in [-0.3, -0.25) is 9.69 Å². The molecule has 1 unspecified atom stereocenters. The molecule has 1 atom stereocenters. The van der Waals surface area contributed by atoms with Crippen LogP contribution in [0.15, 0.2) is 127 Å². The van der Waals surface area contributed by atoms with Crippen LogP contribution in [0.3, 0.4) is 0 Å². The Balaban J connectivity index is 1.40. The first-order chi connectivity index (χ1) is 21.3. The second-order valence-corrected chi connectivity index (χ2v) is 12.2. The Kier molecular flexibility index (Phi) is 6.98. The minimum absolute atomic E-state index is 0.280. The van der Waals surface area contributed by atoms with Gasteiger partial charge in [0.15, 0.2) is 5.60 Å². The first-order valence-electron chi connectivity index (χ1n) is 15.1. The van der Waals surface area contributed by atoms with E-state index < -0.39 is 17.6 Å². The van der Waals surface area contributed by atoms with Gasteiger partial charge in [-0.2, -0.15) is 0 Å². The molecule has 220 valence electrons.